The number of aromatic amines is 1. The first-order chi connectivity index (χ1) is 12.3. The van der Waals surface area contributed by atoms with Crippen LogP contribution in [0.1, 0.15) is 27.2 Å². The fourth-order valence-corrected chi connectivity index (χ4v) is 2.57. The number of halogens is 1. The lowest BCUT2D eigenvalue weighted by atomic mass is 10.0. The predicted octanol–water partition coefficient (Wildman–Crippen LogP) is 3.11. The van der Waals surface area contributed by atoms with E-state index in [9.17, 15) is 9.59 Å². The van der Waals surface area contributed by atoms with Crippen molar-refractivity contribution in [3.8, 4) is 5.75 Å². The second-order valence-electron chi connectivity index (χ2n) is 6.36. The van der Waals surface area contributed by atoms with Gasteiger partial charge in [0.2, 0.25) is 5.91 Å². The summed E-state index contributed by atoms with van der Waals surface area (Å²) in [6, 6.07) is 8.18. The van der Waals surface area contributed by atoms with E-state index in [1.165, 1.54) is 0 Å². The summed E-state index contributed by atoms with van der Waals surface area (Å²) >= 11 is 3.35. The minimum atomic E-state index is -0.731. The lowest BCUT2D eigenvalue weighted by molar-refractivity contribution is -0.131. The highest BCUT2D eigenvalue weighted by atomic mass is 79.9. The number of nitrogens with one attached hydrogen (secondary N) is 3. The normalized spacial score (nSPS) is 13.1. The van der Waals surface area contributed by atoms with E-state index in [0.717, 1.165) is 4.47 Å². The smallest absolute Gasteiger partial charge is 0.261 e. The maximum Gasteiger partial charge on any atom is 0.261 e. The number of benzene rings is 1. The molecule has 2 amide bonds. The van der Waals surface area contributed by atoms with E-state index in [1.54, 1.807) is 31.3 Å². The van der Waals surface area contributed by atoms with Gasteiger partial charge in [0.25, 0.3) is 5.91 Å². The number of carbonyl (C=O) groups excluding carboxylic acids is 2. The van der Waals surface area contributed by atoms with Crippen LogP contribution >= 0.6 is 15.9 Å². The first-order valence-electron chi connectivity index (χ1n) is 8.38. The Morgan fingerprint density at radius 3 is 2.42 bits per heavy atom. The van der Waals surface area contributed by atoms with E-state index in [2.05, 4.69) is 36.8 Å². The van der Waals surface area contributed by atoms with Gasteiger partial charge in [0.1, 0.15) is 17.6 Å². The molecule has 2 atom stereocenters. The molecule has 1 aromatic carbocycles. The first-order valence-corrected chi connectivity index (χ1v) is 9.17. The van der Waals surface area contributed by atoms with Crippen molar-refractivity contribution in [3.63, 3.8) is 0 Å². The number of hydrogen-bond donors (Lipinski definition) is 3. The predicted molar refractivity (Wildman–Crippen MR) is 103 cm³/mol. The minimum Gasteiger partial charge on any atom is -0.481 e. The molecule has 2 unspecified atom stereocenters. The van der Waals surface area contributed by atoms with Gasteiger partial charge in [-0.1, -0.05) is 29.8 Å². The summed E-state index contributed by atoms with van der Waals surface area (Å²) in [4.78, 5) is 24.9. The van der Waals surface area contributed by atoms with Crippen molar-refractivity contribution in [2.45, 2.75) is 39.3 Å². The molecular formula is C18H23BrN4O3. The summed E-state index contributed by atoms with van der Waals surface area (Å²) in [5.74, 6) is 0.649. The van der Waals surface area contributed by atoms with Crippen molar-refractivity contribution in [1.29, 1.82) is 0 Å². The number of H-pyrrole nitrogens is 1. The minimum absolute atomic E-state index is 0.232. The van der Waals surface area contributed by atoms with Crippen LogP contribution in [0.3, 0.4) is 0 Å². The molecule has 3 N–H and O–H groups in total. The third kappa shape index (κ3) is 6.18. The molecule has 7 nitrogen and oxygen atoms in total. The number of ether oxygens (including phenoxy) is 1. The molecule has 1 aromatic heterocycles. The summed E-state index contributed by atoms with van der Waals surface area (Å²) in [5.41, 5.74) is 0. The van der Waals surface area contributed by atoms with E-state index in [1.807, 2.05) is 26.0 Å². The Bertz CT molecular complexity index is 717. The van der Waals surface area contributed by atoms with Crippen LogP contribution in [0.4, 0.5) is 5.82 Å². The van der Waals surface area contributed by atoms with Crippen molar-refractivity contribution in [1.82, 2.24) is 15.5 Å². The van der Waals surface area contributed by atoms with Crippen LogP contribution in [-0.2, 0) is 9.59 Å². The van der Waals surface area contributed by atoms with Gasteiger partial charge in [-0.05, 0) is 43.5 Å². The average Bonchev–Trinajstić information content (AvgIpc) is 3.08. The zero-order valence-electron chi connectivity index (χ0n) is 15.0. The molecule has 2 rings (SSSR count). The van der Waals surface area contributed by atoms with Gasteiger partial charge in [-0.2, -0.15) is 5.10 Å². The zero-order chi connectivity index (χ0) is 19.1. The SMILES string of the molecule is CC(C)CC(NC(=O)C(C)Oc1ccc(Br)cc1)C(=O)Nc1ccn[nH]1. The van der Waals surface area contributed by atoms with E-state index < -0.39 is 12.1 Å². The van der Waals surface area contributed by atoms with Gasteiger partial charge in [0.05, 0.1) is 6.20 Å². The highest BCUT2D eigenvalue weighted by Crippen LogP contribution is 2.17. The molecule has 0 spiro atoms. The van der Waals surface area contributed by atoms with Crippen LogP contribution in [0.5, 0.6) is 5.75 Å². The second-order valence-corrected chi connectivity index (χ2v) is 7.28. The molecule has 0 fully saturated rings. The van der Waals surface area contributed by atoms with Gasteiger partial charge in [-0.3, -0.25) is 14.7 Å². The van der Waals surface area contributed by atoms with Crippen molar-refractivity contribution in [3.05, 3.63) is 41.0 Å². The molecule has 0 aliphatic heterocycles. The summed E-state index contributed by atoms with van der Waals surface area (Å²) in [5, 5.41) is 11.9. The molecule has 0 bridgehead atoms. The average molecular weight is 423 g/mol. The lowest BCUT2D eigenvalue weighted by Gasteiger charge is -2.22. The largest absolute Gasteiger partial charge is 0.481 e. The van der Waals surface area contributed by atoms with Crippen molar-refractivity contribution in [2.75, 3.05) is 5.32 Å². The summed E-state index contributed by atoms with van der Waals surface area (Å²) in [6.45, 7) is 5.63. The van der Waals surface area contributed by atoms with E-state index in [-0.39, 0.29) is 17.7 Å². The topological polar surface area (TPSA) is 96.1 Å². The Kier molecular flexibility index (Phi) is 7.20. The Morgan fingerprint density at radius 2 is 1.85 bits per heavy atom. The number of anilines is 1. The van der Waals surface area contributed by atoms with Gasteiger partial charge in [0.15, 0.2) is 6.10 Å². The van der Waals surface area contributed by atoms with Crippen molar-refractivity contribution >= 4 is 33.6 Å². The Morgan fingerprint density at radius 1 is 1.15 bits per heavy atom. The van der Waals surface area contributed by atoms with Gasteiger partial charge < -0.3 is 15.4 Å². The molecule has 2 aromatic rings. The fraction of sp³-hybridized carbons (Fsp3) is 0.389. The van der Waals surface area contributed by atoms with Crippen LogP contribution in [0.2, 0.25) is 0 Å². The molecule has 140 valence electrons. The maximum atomic E-state index is 12.5. The molecule has 0 radical (unpaired) electrons. The molecule has 8 heteroatoms. The molecule has 0 saturated carbocycles. The highest BCUT2D eigenvalue weighted by molar-refractivity contribution is 9.10. The molecule has 0 aliphatic carbocycles. The van der Waals surface area contributed by atoms with Crippen LogP contribution in [-0.4, -0.2) is 34.2 Å². The lowest BCUT2D eigenvalue weighted by Crippen LogP contribution is -2.48. The molecule has 0 saturated heterocycles. The quantitative estimate of drug-likeness (QED) is 0.608. The summed E-state index contributed by atoms with van der Waals surface area (Å²) in [7, 11) is 0. The van der Waals surface area contributed by atoms with E-state index in [4.69, 9.17) is 4.74 Å². The Labute approximate surface area is 161 Å². The number of amides is 2. The Hall–Kier alpha value is -2.35. The fourth-order valence-electron chi connectivity index (χ4n) is 2.31. The number of rotatable bonds is 8. The van der Waals surface area contributed by atoms with E-state index in [0.29, 0.717) is 18.0 Å². The standard InChI is InChI=1S/C18H23BrN4O3/c1-11(2)10-15(18(25)22-16-8-9-20-23-16)21-17(24)12(3)26-14-6-4-13(19)5-7-14/h4-9,11-12,15H,10H2,1-3H3,(H,21,24)(H2,20,22,23,25). The molecular weight excluding hydrogens is 400 g/mol. The zero-order valence-corrected chi connectivity index (χ0v) is 16.5. The number of hydrogen-bond acceptors (Lipinski definition) is 4. The molecule has 26 heavy (non-hydrogen) atoms. The van der Waals surface area contributed by atoms with E-state index >= 15 is 0 Å². The van der Waals surface area contributed by atoms with Crippen LogP contribution < -0.4 is 15.4 Å². The number of aromatic nitrogens is 2. The monoisotopic (exact) mass is 422 g/mol. The van der Waals surface area contributed by atoms with Gasteiger partial charge in [-0.25, -0.2) is 0 Å². The number of nitrogens with zero attached hydrogens (tertiary/aromatic N) is 1. The second kappa shape index (κ2) is 9.38. The highest BCUT2D eigenvalue weighted by Gasteiger charge is 2.25. The maximum absolute atomic E-state index is 12.5. The van der Waals surface area contributed by atoms with Crippen molar-refractivity contribution < 1.29 is 14.3 Å². The third-order valence-corrected chi connectivity index (χ3v) is 4.12. The van der Waals surface area contributed by atoms with Gasteiger partial charge in [-0.15, -0.1) is 0 Å². The summed E-state index contributed by atoms with van der Waals surface area (Å²) < 4.78 is 6.57. The van der Waals surface area contributed by atoms with Crippen LogP contribution in [0.25, 0.3) is 0 Å². The van der Waals surface area contributed by atoms with Crippen molar-refractivity contribution in [2.24, 2.45) is 5.92 Å². The van der Waals surface area contributed by atoms with Crippen LogP contribution in [0, 0.1) is 5.92 Å². The first kappa shape index (κ1) is 20.0. The third-order valence-electron chi connectivity index (χ3n) is 3.59. The number of carbonyl (C=O) groups is 2. The molecule has 0 aliphatic rings. The summed E-state index contributed by atoms with van der Waals surface area (Å²) in [6.07, 6.45) is 1.32. The molecule has 1 heterocycles. The Balaban J connectivity index is 1.97. The van der Waals surface area contributed by atoms with Crippen LogP contribution in [0.15, 0.2) is 41.0 Å². The van der Waals surface area contributed by atoms with Gasteiger partial charge >= 0.3 is 0 Å². The van der Waals surface area contributed by atoms with Gasteiger partial charge in [0, 0.05) is 10.5 Å².